The Labute approximate surface area is 246 Å². The van der Waals surface area contributed by atoms with Gasteiger partial charge in [-0.15, -0.1) is 0 Å². The fourth-order valence-electron chi connectivity index (χ4n) is 7.13. The molecule has 42 heavy (non-hydrogen) atoms. The Morgan fingerprint density at radius 2 is 1.83 bits per heavy atom. The highest BCUT2D eigenvalue weighted by Crippen LogP contribution is 2.40. The summed E-state index contributed by atoms with van der Waals surface area (Å²) in [6.07, 6.45) is 4.33. The molecule has 7 rings (SSSR count). The van der Waals surface area contributed by atoms with Crippen LogP contribution in [0.5, 0.6) is 11.8 Å². The van der Waals surface area contributed by atoms with Gasteiger partial charge >= 0.3 is 6.01 Å². The molecule has 0 spiro atoms. The summed E-state index contributed by atoms with van der Waals surface area (Å²) in [4.78, 5) is 29.5. The van der Waals surface area contributed by atoms with Crippen molar-refractivity contribution in [1.82, 2.24) is 25.1 Å². The van der Waals surface area contributed by atoms with Crippen molar-refractivity contribution < 1.29 is 14.6 Å². The number of aromatic nitrogens is 2. The minimum atomic E-state index is 0.147. The van der Waals surface area contributed by atoms with Crippen molar-refractivity contribution in [3.63, 3.8) is 0 Å². The van der Waals surface area contributed by atoms with Crippen LogP contribution < -0.4 is 15.0 Å². The fraction of sp³-hybridized carbons (Fsp3) is 0.424. The number of ether oxygens (including phenoxy) is 1. The van der Waals surface area contributed by atoms with Gasteiger partial charge in [-0.2, -0.15) is 9.97 Å². The Morgan fingerprint density at radius 3 is 2.60 bits per heavy atom. The molecule has 3 aromatic carbocycles. The number of amides is 1. The second kappa shape index (κ2) is 11.0. The van der Waals surface area contributed by atoms with E-state index in [-0.39, 0.29) is 23.7 Å². The summed E-state index contributed by atoms with van der Waals surface area (Å²) in [5, 5.41) is 16.5. The van der Waals surface area contributed by atoms with Crippen LogP contribution >= 0.6 is 0 Å². The summed E-state index contributed by atoms with van der Waals surface area (Å²) in [5.41, 5.74) is 2.75. The van der Waals surface area contributed by atoms with E-state index < -0.39 is 0 Å². The monoisotopic (exact) mass is 566 g/mol. The summed E-state index contributed by atoms with van der Waals surface area (Å²) >= 11 is 0. The van der Waals surface area contributed by atoms with Gasteiger partial charge in [-0.3, -0.25) is 4.79 Å². The topological polar surface area (TPSA) is 94.1 Å². The zero-order chi connectivity index (χ0) is 28.8. The first-order valence-electron chi connectivity index (χ1n) is 15.1. The standard InChI is InChI=1S/C33H38N6O3/c1-34-17-31(41)38-18-23-10-11-24(19-38)39(23)32-28-12-9-22(29-16-26(40)14-21-6-3-4-8-27(21)29)15-30(28)35-33(36-32)42-20-25-7-5-13-37(25)2/h3-4,6,8-9,12,14-16,23-25,34,40H,5,7,10-11,13,17-20H2,1-2H3/t23-,24+,25-/m0/s1. The number of carbonyl (C=O) groups excluding carboxylic acids is 1. The van der Waals surface area contributed by atoms with E-state index in [0.29, 0.717) is 38.3 Å². The number of nitrogens with one attached hydrogen (secondary N) is 1. The van der Waals surface area contributed by atoms with Crippen LogP contribution in [0.3, 0.4) is 0 Å². The first kappa shape index (κ1) is 26.9. The lowest BCUT2D eigenvalue weighted by atomic mass is 9.97. The van der Waals surface area contributed by atoms with Gasteiger partial charge in [-0.1, -0.05) is 30.3 Å². The first-order valence-corrected chi connectivity index (χ1v) is 15.1. The van der Waals surface area contributed by atoms with Crippen LogP contribution in [0.2, 0.25) is 0 Å². The van der Waals surface area contributed by atoms with Crippen LogP contribution in [0.4, 0.5) is 5.82 Å². The number of fused-ring (bicyclic) bond motifs is 4. The van der Waals surface area contributed by atoms with Crippen molar-refractivity contribution >= 4 is 33.4 Å². The normalized spacial score (nSPS) is 22.4. The van der Waals surface area contributed by atoms with E-state index in [9.17, 15) is 9.90 Å². The summed E-state index contributed by atoms with van der Waals surface area (Å²) in [6.45, 7) is 3.38. The molecular formula is C33H38N6O3. The van der Waals surface area contributed by atoms with Gasteiger partial charge in [0.1, 0.15) is 18.2 Å². The van der Waals surface area contributed by atoms with E-state index >= 15 is 0 Å². The zero-order valence-corrected chi connectivity index (χ0v) is 24.3. The van der Waals surface area contributed by atoms with E-state index in [4.69, 9.17) is 14.7 Å². The van der Waals surface area contributed by atoms with Crippen LogP contribution in [0.1, 0.15) is 25.7 Å². The Morgan fingerprint density at radius 1 is 1.02 bits per heavy atom. The average molecular weight is 567 g/mol. The predicted octanol–water partition coefficient (Wildman–Crippen LogP) is 4.03. The van der Waals surface area contributed by atoms with E-state index in [2.05, 4.69) is 46.4 Å². The molecule has 4 aromatic rings. The summed E-state index contributed by atoms with van der Waals surface area (Å²) in [6, 6.07) is 19.2. The maximum absolute atomic E-state index is 12.7. The number of aromatic hydroxyl groups is 1. The zero-order valence-electron chi connectivity index (χ0n) is 24.3. The third-order valence-corrected chi connectivity index (χ3v) is 9.30. The van der Waals surface area contributed by atoms with E-state index in [1.54, 1.807) is 6.07 Å². The lowest BCUT2D eigenvalue weighted by Gasteiger charge is -2.42. The summed E-state index contributed by atoms with van der Waals surface area (Å²) in [7, 11) is 3.96. The molecule has 3 atom stereocenters. The largest absolute Gasteiger partial charge is 0.508 e. The van der Waals surface area contributed by atoms with Gasteiger partial charge in [0, 0.05) is 36.6 Å². The van der Waals surface area contributed by atoms with Crippen molar-refractivity contribution in [2.24, 2.45) is 0 Å². The van der Waals surface area contributed by atoms with E-state index in [1.165, 1.54) is 6.42 Å². The van der Waals surface area contributed by atoms with Gasteiger partial charge in [0.05, 0.1) is 12.1 Å². The third-order valence-electron chi connectivity index (χ3n) is 9.30. The molecule has 0 aliphatic carbocycles. The molecule has 1 aromatic heterocycles. The number of piperazine rings is 1. The summed E-state index contributed by atoms with van der Waals surface area (Å²) in [5.74, 6) is 1.27. The highest BCUT2D eigenvalue weighted by atomic mass is 16.5. The second-order valence-corrected chi connectivity index (χ2v) is 12.0. The maximum Gasteiger partial charge on any atom is 0.319 e. The van der Waals surface area contributed by atoms with Crippen LogP contribution in [-0.4, -0.2) is 95.8 Å². The Bertz CT molecular complexity index is 1630. The Balaban J connectivity index is 1.30. The van der Waals surface area contributed by atoms with Gasteiger partial charge in [0.15, 0.2) is 0 Å². The molecule has 218 valence electrons. The molecule has 2 N–H and O–H groups in total. The van der Waals surface area contributed by atoms with Gasteiger partial charge < -0.3 is 29.9 Å². The molecule has 0 unspecified atom stereocenters. The molecule has 0 saturated carbocycles. The molecule has 0 radical (unpaired) electrons. The van der Waals surface area contributed by atoms with Crippen LogP contribution in [0.15, 0.2) is 54.6 Å². The quantitative estimate of drug-likeness (QED) is 0.347. The number of likely N-dealkylation sites (N-methyl/N-ethyl adjacent to an activating group) is 2. The third kappa shape index (κ3) is 4.90. The molecule has 4 heterocycles. The van der Waals surface area contributed by atoms with Gasteiger partial charge in [0.25, 0.3) is 0 Å². The lowest BCUT2D eigenvalue weighted by Crippen LogP contribution is -2.57. The molecule has 3 fully saturated rings. The van der Waals surface area contributed by atoms with Crippen molar-refractivity contribution in [2.75, 3.05) is 51.8 Å². The van der Waals surface area contributed by atoms with Crippen molar-refractivity contribution in [2.45, 2.75) is 43.8 Å². The fourth-order valence-corrected chi connectivity index (χ4v) is 7.13. The number of carbonyl (C=O) groups is 1. The number of benzene rings is 3. The number of rotatable bonds is 7. The van der Waals surface area contributed by atoms with E-state index in [0.717, 1.165) is 64.4 Å². The number of hydrogen-bond acceptors (Lipinski definition) is 8. The van der Waals surface area contributed by atoms with Crippen LogP contribution in [-0.2, 0) is 4.79 Å². The average Bonchev–Trinajstić information content (AvgIpc) is 3.52. The van der Waals surface area contributed by atoms with Crippen LogP contribution in [0.25, 0.3) is 32.8 Å². The number of anilines is 1. The van der Waals surface area contributed by atoms with E-state index in [1.807, 2.05) is 36.2 Å². The van der Waals surface area contributed by atoms with Crippen molar-refractivity contribution in [3.05, 3.63) is 54.6 Å². The molecule has 3 aliphatic rings. The lowest BCUT2D eigenvalue weighted by molar-refractivity contribution is -0.131. The number of phenolic OH excluding ortho intramolecular Hbond substituents is 1. The molecule has 2 bridgehead atoms. The summed E-state index contributed by atoms with van der Waals surface area (Å²) < 4.78 is 6.31. The SMILES string of the molecule is CNCC(=O)N1C[C@H]2CC[C@@H](C1)N2c1nc(OC[C@@H]2CCCN2C)nc2cc(-c3cc(O)cc4ccccc34)ccc12. The van der Waals surface area contributed by atoms with Crippen LogP contribution in [0, 0.1) is 0 Å². The number of hydrogen-bond donors (Lipinski definition) is 2. The maximum atomic E-state index is 12.7. The second-order valence-electron chi connectivity index (χ2n) is 12.0. The van der Waals surface area contributed by atoms with Gasteiger partial charge in [-0.25, -0.2) is 0 Å². The molecule has 9 nitrogen and oxygen atoms in total. The number of nitrogens with zero attached hydrogens (tertiary/aromatic N) is 5. The smallest absolute Gasteiger partial charge is 0.319 e. The number of phenols is 1. The molecule has 9 heteroatoms. The predicted molar refractivity (Wildman–Crippen MR) is 165 cm³/mol. The highest BCUT2D eigenvalue weighted by Gasteiger charge is 2.42. The van der Waals surface area contributed by atoms with Gasteiger partial charge in [0.2, 0.25) is 5.91 Å². The minimum absolute atomic E-state index is 0.147. The van der Waals surface area contributed by atoms with Crippen molar-refractivity contribution in [3.8, 4) is 22.9 Å². The molecular weight excluding hydrogens is 528 g/mol. The Kier molecular flexibility index (Phi) is 7.07. The molecule has 3 saturated heterocycles. The van der Waals surface area contributed by atoms with Crippen molar-refractivity contribution in [1.29, 1.82) is 0 Å². The molecule has 3 aliphatic heterocycles. The minimum Gasteiger partial charge on any atom is -0.508 e. The molecule has 1 amide bonds. The highest BCUT2D eigenvalue weighted by molar-refractivity contribution is 6.01. The number of likely N-dealkylation sites (tertiary alicyclic amines) is 2. The first-order chi connectivity index (χ1) is 20.5. The Hall–Kier alpha value is -3.95. The van der Waals surface area contributed by atoms with Gasteiger partial charge in [-0.05, 0) is 92.5 Å².